The summed E-state index contributed by atoms with van der Waals surface area (Å²) in [6, 6.07) is 9.65. The van der Waals surface area contributed by atoms with E-state index in [-0.39, 0.29) is 17.2 Å². The lowest BCUT2D eigenvalue weighted by atomic mass is 9.97. The summed E-state index contributed by atoms with van der Waals surface area (Å²) in [4.78, 5) is 25.5. The third kappa shape index (κ3) is 6.10. The highest BCUT2D eigenvalue weighted by atomic mass is 32.2. The molecule has 0 bridgehead atoms. The molecule has 12 heteroatoms. The van der Waals surface area contributed by atoms with Crippen LogP contribution in [0, 0.1) is 0 Å². The highest BCUT2D eigenvalue weighted by molar-refractivity contribution is 7.86. The highest BCUT2D eigenvalue weighted by Crippen LogP contribution is 2.41. The Bertz CT molecular complexity index is 1190. The van der Waals surface area contributed by atoms with E-state index in [4.69, 9.17) is 9.47 Å². The Morgan fingerprint density at radius 2 is 1.49 bits per heavy atom. The standard InChI is InChI=1S/C23H24F4O7S/c24-22(25,23(26,27)35(30,31)32)11-6-12-33-20(28)18-13-15-7-4-5-8-16(15)14-19(18)21(29)34-17-9-2-1-3-10-17/h4-5,7-8,13-14,17H,1-3,6,9-12H2,(H,30,31,32)/p-1. The van der Waals surface area contributed by atoms with Crippen LogP contribution in [0.25, 0.3) is 10.8 Å². The Labute approximate surface area is 199 Å². The molecule has 1 saturated carbocycles. The zero-order valence-corrected chi connectivity index (χ0v) is 19.3. The first-order valence-electron chi connectivity index (χ1n) is 11.0. The lowest BCUT2D eigenvalue weighted by Gasteiger charge is -2.28. The Morgan fingerprint density at radius 1 is 0.943 bits per heavy atom. The predicted octanol–water partition coefficient (Wildman–Crippen LogP) is 5.04. The minimum Gasteiger partial charge on any atom is -0.743 e. The number of benzene rings is 2. The average Bonchev–Trinajstić information content (AvgIpc) is 2.80. The van der Waals surface area contributed by atoms with Gasteiger partial charge in [0.1, 0.15) is 6.10 Å². The highest BCUT2D eigenvalue weighted by Gasteiger charge is 2.60. The first-order chi connectivity index (χ1) is 16.3. The van der Waals surface area contributed by atoms with E-state index in [1.165, 1.54) is 12.1 Å². The van der Waals surface area contributed by atoms with Crippen molar-refractivity contribution >= 4 is 32.8 Å². The van der Waals surface area contributed by atoms with Crippen LogP contribution in [0.15, 0.2) is 36.4 Å². The number of fused-ring (bicyclic) bond motifs is 1. The number of rotatable bonds is 9. The molecule has 1 aliphatic carbocycles. The van der Waals surface area contributed by atoms with Gasteiger partial charge in [0.05, 0.1) is 17.7 Å². The molecule has 1 fully saturated rings. The van der Waals surface area contributed by atoms with Crippen LogP contribution in [-0.2, 0) is 19.6 Å². The summed E-state index contributed by atoms with van der Waals surface area (Å²) in [6.45, 7) is -0.784. The van der Waals surface area contributed by atoms with Gasteiger partial charge in [-0.05, 0) is 55.0 Å². The molecule has 3 rings (SSSR count). The molecule has 7 nitrogen and oxygen atoms in total. The Hall–Kier alpha value is -2.73. The van der Waals surface area contributed by atoms with Crippen molar-refractivity contribution in [2.75, 3.05) is 6.61 Å². The predicted molar refractivity (Wildman–Crippen MR) is 115 cm³/mol. The van der Waals surface area contributed by atoms with Crippen molar-refractivity contribution in [3.05, 3.63) is 47.5 Å². The smallest absolute Gasteiger partial charge is 0.396 e. The zero-order valence-electron chi connectivity index (χ0n) is 18.5. The van der Waals surface area contributed by atoms with Crippen molar-refractivity contribution in [3.8, 4) is 0 Å². The van der Waals surface area contributed by atoms with Gasteiger partial charge in [0.25, 0.3) is 0 Å². The minimum atomic E-state index is -6.60. The summed E-state index contributed by atoms with van der Waals surface area (Å²) in [5.41, 5.74) is -0.280. The molecule has 0 radical (unpaired) electrons. The second kappa shape index (κ2) is 10.5. The van der Waals surface area contributed by atoms with Gasteiger partial charge in [-0.3, -0.25) is 0 Å². The fourth-order valence-corrected chi connectivity index (χ4v) is 4.31. The molecule has 0 saturated heterocycles. The van der Waals surface area contributed by atoms with Crippen LogP contribution in [0.2, 0.25) is 0 Å². The van der Waals surface area contributed by atoms with Crippen LogP contribution in [0.1, 0.15) is 65.7 Å². The van der Waals surface area contributed by atoms with Crippen LogP contribution in [-0.4, -0.2) is 48.8 Å². The molecule has 2 aromatic carbocycles. The van der Waals surface area contributed by atoms with Crippen LogP contribution in [0.5, 0.6) is 0 Å². The maximum atomic E-state index is 13.6. The molecule has 0 amide bonds. The van der Waals surface area contributed by atoms with Crippen molar-refractivity contribution in [3.63, 3.8) is 0 Å². The number of carbonyl (C=O) groups excluding carboxylic acids is 2. The van der Waals surface area contributed by atoms with E-state index < -0.39 is 52.7 Å². The van der Waals surface area contributed by atoms with Gasteiger partial charge in [-0.25, -0.2) is 18.0 Å². The summed E-state index contributed by atoms with van der Waals surface area (Å²) >= 11 is 0. The number of alkyl halides is 4. The summed E-state index contributed by atoms with van der Waals surface area (Å²) in [5.74, 6) is -6.97. The molecule has 192 valence electrons. The molecule has 0 aliphatic heterocycles. The Balaban J connectivity index is 1.73. The molecule has 0 atom stereocenters. The number of hydrogen-bond donors (Lipinski definition) is 0. The van der Waals surface area contributed by atoms with Crippen LogP contribution in [0.3, 0.4) is 0 Å². The van der Waals surface area contributed by atoms with Crippen molar-refractivity contribution in [1.82, 2.24) is 0 Å². The molecular formula is C23H23F4O7S-. The van der Waals surface area contributed by atoms with Gasteiger partial charge in [-0.1, -0.05) is 30.7 Å². The first kappa shape index (κ1) is 26.9. The van der Waals surface area contributed by atoms with E-state index in [9.17, 15) is 40.1 Å². The molecule has 0 heterocycles. The maximum Gasteiger partial charge on any atom is 0.396 e. The third-order valence-corrected chi connectivity index (χ3v) is 6.69. The second-order valence-electron chi connectivity index (χ2n) is 8.33. The van der Waals surface area contributed by atoms with Crippen LogP contribution >= 0.6 is 0 Å². The van der Waals surface area contributed by atoms with E-state index in [2.05, 4.69) is 0 Å². The van der Waals surface area contributed by atoms with E-state index in [0.29, 0.717) is 23.6 Å². The monoisotopic (exact) mass is 519 g/mol. The number of halogens is 4. The largest absolute Gasteiger partial charge is 0.743 e. The van der Waals surface area contributed by atoms with Gasteiger partial charge in [0.15, 0.2) is 10.1 Å². The Kier molecular flexibility index (Phi) is 8.05. The van der Waals surface area contributed by atoms with Gasteiger partial charge in [-0.15, -0.1) is 0 Å². The van der Waals surface area contributed by atoms with Crippen molar-refractivity contribution < 1.29 is 49.6 Å². The summed E-state index contributed by atoms with van der Waals surface area (Å²) in [7, 11) is -6.60. The summed E-state index contributed by atoms with van der Waals surface area (Å²) in [6.07, 6.45) is 1.35. The van der Waals surface area contributed by atoms with E-state index >= 15 is 0 Å². The average molecular weight is 519 g/mol. The second-order valence-corrected chi connectivity index (χ2v) is 9.75. The van der Waals surface area contributed by atoms with Crippen LogP contribution in [0.4, 0.5) is 17.6 Å². The van der Waals surface area contributed by atoms with Gasteiger partial charge in [0.2, 0.25) is 0 Å². The SMILES string of the molecule is O=C(OCCCC(F)(F)C(F)(F)S(=O)(=O)[O-])c1cc2ccccc2cc1C(=O)OC1CCCCC1. The summed E-state index contributed by atoms with van der Waals surface area (Å²) in [5, 5.41) is -4.58. The number of carbonyl (C=O) groups is 2. The topological polar surface area (TPSA) is 110 Å². The Morgan fingerprint density at radius 3 is 2.03 bits per heavy atom. The molecular weight excluding hydrogens is 496 g/mol. The molecule has 0 unspecified atom stereocenters. The lowest BCUT2D eigenvalue weighted by molar-refractivity contribution is -0.165. The fourth-order valence-electron chi connectivity index (χ4n) is 3.84. The lowest BCUT2D eigenvalue weighted by Crippen LogP contribution is -2.46. The van der Waals surface area contributed by atoms with E-state index in [1.807, 2.05) is 0 Å². The van der Waals surface area contributed by atoms with Crippen molar-refractivity contribution in [2.24, 2.45) is 0 Å². The van der Waals surface area contributed by atoms with Crippen LogP contribution < -0.4 is 0 Å². The number of ether oxygens (including phenoxy) is 2. The normalized spacial score (nSPS) is 15.7. The molecule has 35 heavy (non-hydrogen) atoms. The first-order valence-corrected chi connectivity index (χ1v) is 12.4. The third-order valence-electron chi connectivity index (χ3n) is 5.76. The molecule has 0 spiro atoms. The zero-order chi connectivity index (χ0) is 25.9. The molecule has 0 N–H and O–H groups in total. The maximum absolute atomic E-state index is 13.6. The number of hydrogen-bond acceptors (Lipinski definition) is 7. The van der Waals surface area contributed by atoms with E-state index in [1.54, 1.807) is 24.3 Å². The van der Waals surface area contributed by atoms with Crippen molar-refractivity contribution in [1.29, 1.82) is 0 Å². The van der Waals surface area contributed by atoms with E-state index in [0.717, 1.165) is 19.3 Å². The van der Waals surface area contributed by atoms with Gasteiger partial charge in [-0.2, -0.15) is 17.6 Å². The molecule has 0 aromatic heterocycles. The molecule has 2 aromatic rings. The number of esters is 2. The van der Waals surface area contributed by atoms with Crippen molar-refractivity contribution in [2.45, 2.75) is 62.2 Å². The van der Waals surface area contributed by atoms with Gasteiger partial charge in [0, 0.05) is 6.42 Å². The van der Waals surface area contributed by atoms with Gasteiger partial charge < -0.3 is 14.0 Å². The molecule has 1 aliphatic rings. The fraction of sp³-hybridized carbons (Fsp3) is 0.478. The summed E-state index contributed by atoms with van der Waals surface area (Å²) < 4.78 is 95.5. The van der Waals surface area contributed by atoms with Gasteiger partial charge >= 0.3 is 23.1 Å². The quantitative estimate of drug-likeness (QED) is 0.198. The minimum absolute atomic E-state index is 0.0893.